The van der Waals surface area contributed by atoms with Gasteiger partial charge in [0.1, 0.15) is 7.05 Å². The van der Waals surface area contributed by atoms with E-state index < -0.39 is 0 Å². The molecule has 162 valence electrons. The maximum Gasteiger partial charge on any atom is 0.220 e. The fourth-order valence-corrected chi connectivity index (χ4v) is 4.97. The molecule has 5 rings (SSSR count). The molecule has 1 heteroatoms. The van der Waals surface area contributed by atoms with Crippen LogP contribution in [0, 0.1) is 27.7 Å². The van der Waals surface area contributed by atoms with Gasteiger partial charge in [-0.2, -0.15) is 4.57 Å². The van der Waals surface area contributed by atoms with Crippen molar-refractivity contribution in [1.82, 2.24) is 0 Å². The Hall–Kier alpha value is -3.71. The summed E-state index contributed by atoms with van der Waals surface area (Å²) in [5.74, 6) is 0. The van der Waals surface area contributed by atoms with E-state index in [0.29, 0.717) is 6.04 Å². The molecule has 0 bridgehead atoms. The minimum Gasteiger partial charge on any atom is -0.198 e. The number of aryl methyl sites for hydroxylation is 3. The number of hydrogen-bond acceptors (Lipinski definition) is 0. The average Bonchev–Trinajstić information content (AvgIpc) is 2.84. The normalized spacial score (nSPS) is 11.6. The molecule has 1 nitrogen and oxygen atoms in total. The Morgan fingerprint density at radius 2 is 1.33 bits per heavy atom. The lowest BCUT2D eigenvalue weighted by Crippen LogP contribution is -2.35. The Balaban J connectivity index is 1.72. The van der Waals surface area contributed by atoms with Crippen LogP contribution in [0.15, 0.2) is 91.0 Å². The quantitative estimate of drug-likeness (QED) is 0.257. The highest BCUT2D eigenvalue weighted by atomic mass is 14.9. The molecule has 4 aromatic carbocycles. The van der Waals surface area contributed by atoms with E-state index in [4.69, 9.17) is 1.37 Å². The lowest BCUT2D eigenvalue weighted by Gasteiger charge is -2.14. The molecule has 0 N–H and O–H groups in total. The van der Waals surface area contributed by atoms with Gasteiger partial charge in [0.2, 0.25) is 5.69 Å². The van der Waals surface area contributed by atoms with E-state index in [1.807, 2.05) is 13.0 Å². The number of fused-ring (bicyclic) bond motifs is 1. The Morgan fingerprint density at radius 1 is 0.636 bits per heavy atom. The molecule has 0 fully saturated rings. The SMILES string of the molecule is [2H]c1c(C)[n+](C)c(-c2ccc(-c3c(C)cccc3C)cc2C)c2ccc(-c3ccccc3)cc12. The Kier molecular flexibility index (Phi) is 5.03. The smallest absolute Gasteiger partial charge is 0.198 e. The Morgan fingerprint density at radius 3 is 2.03 bits per heavy atom. The molecule has 33 heavy (non-hydrogen) atoms. The van der Waals surface area contributed by atoms with Crippen molar-refractivity contribution in [3.05, 3.63) is 113 Å². The summed E-state index contributed by atoms with van der Waals surface area (Å²) in [6, 6.07) is 30.8. The van der Waals surface area contributed by atoms with Crippen LogP contribution in [0.3, 0.4) is 0 Å². The highest BCUT2D eigenvalue weighted by molar-refractivity contribution is 5.96. The summed E-state index contributed by atoms with van der Waals surface area (Å²) in [6.45, 7) is 8.60. The number of pyridine rings is 1. The second kappa shape index (κ2) is 8.33. The van der Waals surface area contributed by atoms with E-state index >= 15 is 0 Å². The van der Waals surface area contributed by atoms with Gasteiger partial charge in [-0.1, -0.05) is 66.7 Å². The van der Waals surface area contributed by atoms with Crippen molar-refractivity contribution in [1.29, 1.82) is 0 Å². The molecule has 0 radical (unpaired) electrons. The lowest BCUT2D eigenvalue weighted by atomic mass is 9.91. The molecule has 0 unspecified atom stereocenters. The van der Waals surface area contributed by atoms with Crippen molar-refractivity contribution in [2.24, 2.45) is 7.05 Å². The summed E-state index contributed by atoms with van der Waals surface area (Å²) in [5.41, 5.74) is 12.0. The third-order valence-electron chi connectivity index (χ3n) is 6.79. The summed E-state index contributed by atoms with van der Waals surface area (Å²) >= 11 is 0. The van der Waals surface area contributed by atoms with Gasteiger partial charge >= 0.3 is 0 Å². The third kappa shape index (κ3) is 3.74. The van der Waals surface area contributed by atoms with E-state index in [-0.39, 0.29) is 0 Å². The van der Waals surface area contributed by atoms with Crippen molar-refractivity contribution in [3.63, 3.8) is 0 Å². The first-order valence-electron chi connectivity index (χ1n) is 12.0. The summed E-state index contributed by atoms with van der Waals surface area (Å²) in [5, 5.41) is 2.10. The van der Waals surface area contributed by atoms with E-state index in [9.17, 15) is 0 Å². The molecule has 0 aliphatic rings. The fourth-order valence-electron chi connectivity index (χ4n) is 4.97. The molecule has 0 atom stereocenters. The van der Waals surface area contributed by atoms with Crippen LogP contribution in [0.2, 0.25) is 0 Å². The minimum absolute atomic E-state index is 0.587. The maximum atomic E-state index is 8.87. The van der Waals surface area contributed by atoms with Crippen molar-refractivity contribution >= 4 is 10.8 Å². The van der Waals surface area contributed by atoms with E-state index in [1.54, 1.807) is 0 Å². The monoisotopic (exact) mass is 429 g/mol. The molecule has 1 aromatic heterocycles. The van der Waals surface area contributed by atoms with Gasteiger partial charge in [-0.15, -0.1) is 0 Å². The average molecular weight is 430 g/mol. The van der Waals surface area contributed by atoms with Crippen LogP contribution in [0.25, 0.3) is 44.3 Å². The van der Waals surface area contributed by atoms with Crippen LogP contribution in [-0.4, -0.2) is 0 Å². The molecule has 5 aromatic rings. The van der Waals surface area contributed by atoms with Gasteiger partial charge in [-0.3, -0.25) is 0 Å². The molecular weight excluding hydrogens is 398 g/mol. The van der Waals surface area contributed by atoms with Crippen LogP contribution in [0.1, 0.15) is 23.8 Å². The van der Waals surface area contributed by atoms with E-state index in [0.717, 1.165) is 27.7 Å². The molecule has 0 aliphatic heterocycles. The molecule has 0 amide bonds. The van der Waals surface area contributed by atoms with Crippen molar-refractivity contribution < 1.29 is 5.94 Å². The van der Waals surface area contributed by atoms with E-state index in [1.165, 1.54) is 38.9 Å². The van der Waals surface area contributed by atoms with Crippen LogP contribution in [0.4, 0.5) is 0 Å². The van der Waals surface area contributed by atoms with Gasteiger partial charge in [0, 0.05) is 18.5 Å². The predicted molar refractivity (Wildman–Crippen MR) is 140 cm³/mol. The second-order valence-corrected chi connectivity index (χ2v) is 9.04. The summed E-state index contributed by atoms with van der Waals surface area (Å²) < 4.78 is 11.0. The zero-order valence-electron chi connectivity index (χ0n) is 21.0. The van der Waals surface area contributed by atoms with Crippen molar-refractivity contribution in [2.45, 2.75) is 27.7 Å². The maximum absolute atomic E-state index is 8.87. The zero-order chi connectivity index (χ0) is 24.0. The Bertz CT molecular complexity index is 1530. The summed E-state index contributed by atoms with van der Waals surface area (Å²) in [7, 11) is 2.08. The fraction of sp³-hybridized carbons (Fsp3) is 0.156. The number of benzene rings is 4. The molecule has 0 spiro atoms. The first-order chi connectivity index (χ1) is 16.4. The first kappa shape index (κ1) is 19.9. The molecule has 0 saturated heterocycles. The van der Waals surface area contributed by atoms with Crippen LogP contribution < -0.4 is 4.57 Å². The standard InChI is InChI=1S/C32H30N/c1-21-10-9-11-22(2)31(21)27-15-16-29(23(3)18-27)32-30-17-14-26(25-12-7-6-8-13-25)20-28(30)19-24(4)33(32)5/h6-20H,1-5H3/q+1/i19D. The van der Waals surface area contributed by atoms with Crippen LogP contribution in [-0.2, 0) is 7.05 Å². The van der Waals surface area contributed by atoms with Crippen LogP contribution in [0.5, 0.6) is 0 Å². The molecular formula is C32H30N+. The molecule has 0 saturated carbocycles. The zero-order valence-corrected chi connectivity index (χ0v) is 20.0. The van der Waals surface area contributed by atoms with E-state index in [2.05, 4.69) is 111 Å². The molecule has 0 aliphatic carbocycles. The predicted octanol–water partition coefficient (Wildman–Crippen LogP) is 7.90. The minimum atomic E-state index is 0.587. The second-order valence-electron chi connectivity index (χ2n) is 9.04. The summed E-state index contributed by atoms with van der Waals surface area (Å²) in [6.07, 6.45) is 0. The van der Waals surface area contributed by atoms with Gasteiger partial charge in [0.15, 0.2) is 5.69 Å². The van der Waals surface area contributed by atoms with Gasteiger partial charge < -0.3 is 0 Å². The van der Waals surface area contributed by atoms with Gasteiger partial charge in [-0.25, -0.2) is 0 Å². The van der Waals surface area contributed by atoms with Crippen molar-refractivity contribution in [2.75, 3.05) is 0 Å². The topological polar surface area (TPSA) is 3.88 Å². The molecule has 1 heterocycles. The third-order valence-corrected chi connectivity index (χ3v) is 6.79. The number of nitrogens with zero attached hydrogens (tertiary/aromatic N) is 1. The van der Waals surface area contributed by atoms with Gasteiger partial charge in [-0.05, 0) is 83.3 Å². The van der Waals surface area contributed by atoms with Gasteiger partial charge in [0.05, 0.1) is 6.76 Å². The summed E-state index contributed by atoms with van der Waals surface area (Å²) in [4.78, 5) is 0. The largest absolute Gasteiger partial charge is 0.220 e. The van der Waals surface area contributed by atoms with Crippen molar-refractivity contribution in [3.8, 4) is 33.5 Å². The van der Waals surface area contributed by atoms with Gasteiger partial charge in [0.25, 0.3) is 0 Å². The Labute approximate surface area is 198 Å². The highest BCUT2D eigenvalue weighted by Gasteiger charge is 2.20. The number of hydrogen-bond donors (Lipinski definition) is 0. The van der Waals surface area contributed by atoms with Crippen LogP contribution >= 0.6 is 0 Å². The number of rotatable bonds is 3. The highest BCUT2D eigenvalue weighted by Crippen LogP contribution is 2.35. The first-order valence-corrected chi connectivity index (χ1v) is 11.5. The number of aromatic nitrogens is 1. The lowest BCUT2D eigenvalue weighted by molar-refractivity contribution is -0.665.